The quantitative estimate of drug-likeness (QED) is 0.555. The summed E-state index contributed by atoms with van der Waals surface area (Å²) in [7, 11) is 0. The van der Waals surface area contributed by atoms with E-state index >= 15 is 0 Å². The second-order valence-electron chi connectivity index (χ2n) is 7.21. The molecule has 0 saturated heterocycles. The molecule has 4 aromatic rings. The Labute approximate surface area is 168 Å². The number of carbonyl (C=O) groups is 1. The fourth-order valence-electron chi connectivity index (χ4n) is 3.63. The molecule has 1 aliphatic heterocycles. The maximum Gasteiger partial charge on any atom is 0.251 e. The Bertz CT molecular complexity index is 1200. The SMILES string of the molecule is Cc1ccc(-c2nc3ccc(C(=O)NC4CCOc5ccccc54)cc3[nH]2)cn1. The van der Waals surface area contributed by atoms with Gasteiger partial charge in [0.2, 0.25) is 0 Å². The summed E-state index contributed by atoms with van der Waals surface area (Å²) in [6.45, 7) is 2.54. The number of rotatable bonds is 3. The van der Waals surface area contributed by atoms with Crippen LogP contribution in [0.4, 0.5) is 0 Å². The number of para-hydroxylation sites is 1. The average Bonchev–Trinajstić information content (AvgIpc) is 3.18. The maximum absolute atomic E-state index is 12.9. The topological polar surface area (TPSA) is 79.9 Å². The number of aromatic amines is 1. The minimum absolute atomic E-state index is 0.0564. The molecule has 0 fully saturated rings. The number of hydrogen-bond donors (Lipinski definition) is 2. The summed E-state index contributed by atoms with van der Waals surface area (Å²) in [6, 6.07) is 17.2. The summed E-state index contributed by atoms with van der Waals surface area (Å²) in [4.78, 5) is 25.1. The molecule has 0 radical (unpaired) electrons. The Morgan fingerprint density at radius 3 is 2.93 bits per heavy atom. The lowest BCUT2D eigenvalue weighted by Crippen LogP contribution is -2.32. The number of carbonyl (C=O) groups excluding carboxylic acids is 1. The Kier molecular flexibility index (Phi) is 4.24. The van der Waals surface area contributed by atoms with E-state index in [0.717, 1.165) is 45.8 Å². The third kappa shape index (κ3) is 3.33. The van der Waals surface area contributed by atoms with Gasteiger partial charge in [0.1, 0.15) is 11.6 Å². The van der Waals surface area contributed by atoms with Crippen LogP contribution in [0, 0.1) is 6.92 Å². The van der Waals surface area contributed by atoms with Crippen molar-refractivity contribution in [3.8, 4) is 17.1 Å². The van der Waals surface area contributed by atoms with Crippen LogP contribution in [-0.4, -0.2) is 27.5 Å². The van der Waals surface area contributed by atoms with Crippen molar-refractivity contribution in [2.45, 2.75) is 19.4 Å². The molecule has 2 aromatic heterocycles. The molecule has 5 rings (SSSR count). The van der Waals surface area contributed by atoms with Crippen molar-refractivity contribution in [3.63, 3.8) is 0 Å². The smallest absolute Gasteiger partial charge is 0.251 e. The first kappa shape index (κ1) is 17.4. The zero-order valence-corrected chi connectivity index (χ0v) is 16.0. The number of pyridine rings is 1. The predicted molar refractivity (Wildman–Crippen MR) is 111 cm³/mol. The van der Waals surface area contributed by atoms with Gasteiger partial charge in [-0.15, -0.1) is 0 Å². The third-order valence-corrected chi connectivity index (χ3v) is 5.19. The van der Waals surface area contributed by atoms with Crippen LogP contribution in [0.25, 0.3) is 22.4 Å². The van der Waals surface area contributed by atoms with Crippen molar-refractivity contribution >= 4 is 16.9 Å². The van der Waals surface area contributed by atoms with Crippen LogP contribution in [0.5, 0.6) is 5.75 Å². The van der Waals surface area contributed by atoms with Crippen LogP contribution in [-0.2, 0) is 0 Å². The van der Waals surface area contributed by atoms with E-state index in [1.54, 1.807) is 12.3 Å². The van der Waals surface area contributed by atoms with E-state index in [9.17, 15) is 4.79 Å². The normalized spacial score (nSPS) is 15.6. The van der Waals surface area contributed by atoms with Gasteiger partial charge >= 0.3 is 0 Å². The highest BCUT2D eigenvalue weighted by Crippen LogP contribution is 2.31. The highest BCUT2D eigenvalue weighted by molar-refractivity contribution is 5.98. The van der Waals surface area contributed by atoms with Crippen LogP contribution >= 0.6 is 0 Å². The summed E-state index contributed by atoms with van der Waals surface area (Å²) in [5, 5.41) is 3.14. The van der Waals surface area contributed by atoms with Gasteiger partial charge in [0.25, 0.3) is 5.91 Å². The second-order valence-corrected chi connectivity index (χ2v) is 7.21. The molecule has 3 heterocycles. The zero-order valence-electron chi connectivity index (χ0n) is 16.0. The minimum Gasteiger partial charge on any atom is -0.493 e. The fourth-order valence-corrected chi connectivity index (χ4v) is 3.63. The lowest BCUT2D eigenvalue weighted by atomic mass is 10.00. The first-order chi connectivity index (χ1) is 14.2. The van der Waals surface area contributed by atoms with Gasteiger partial charge in [0.15, 0.2) is 0 Å². The molecule has 1 aliphatic rings. The number of ether oxygens (including phenoxy) is 1. The molecule has 0 saturated carbocycles. The van der Waals surface area contributed by atoms with E-state index in [1.807, 2.05) is 55.5 Å². The largest absolute Gasteiger partial charge is 0.493 e. The predicted octanol–water partition coefficient (Wildman–Crippen LogP) is 4.19. The number of aryl methyl sites for hydroxylation is 1. The standard InChI is InChI=1S/C23H20N4O2/c1-14-6-7-16(13-24-14)22-25-19-9-8-15(12-20(19)26-22)23(28)27-18-10-11-29-21-5-3-2-4-17(18)21/h2-9,12-13,18H,10-11H2,1H3,(H,25,26)(H,27,28). The average molecular weight is 384 g/mol. The lowest BCUT2D eigenvalue weighted by molar-refractivity contribution is 0.0925. The summed E-state index contributed by atoms with van der Waals surface area (Å²) >= 11 is 0. The summed E-state index contributed by atoms with van der Waals surface area (Å²) < 4.78 is 5.68. The van der Waals surface area contributed by atoms with Crippen molar-refractivity contribution in [1.82, 2.24) is 20.3 Å². The zero-order chi connectivity index (χ0) is 19.8. The van der Waals surface area contributed by atoms with Gasteiger partial charge in [-0.05, 0) is 43.3 Å². The number of imidazole rings is 1. The van der Waals surface area contributed by atoms with Crippen LogP contribution in [0.1, 0.15) is 34.1 Å². The van der Waals surface area contributed by atoms with Gasteiger partial charge in [-0.2, -0.15) is 0 Å². The van der Waals surface area contributed by atoms with Crippen molar-refractivity contribution in [3.05, 3.63) is 77.6 Å². The molecular formula is C23H20N4O2. The molecular weight excluding hydrogens is 364 g/mol. The number of hydrogen-bond acceptors (Lipinski definition) is 4. The molecule has 1 atom stereocenters. The molecule has 2 aromatic carbocycles. The van der Waals surface area contributed by atoms with Gasteiger partial charge in [-0.3, -0.25) is 9.78 Å². The van der Waals surface area contributed by atoms with Crippen LogP contribution in [0.15, 0.2) is 60.8 Å². The lowest BCUT2D eigenvalue weighted by Gasteiger charge is -2.26. The first-order valence-electron chi connectivity index (χ1n) is 9.63. The molecule has 1 amide bonds. The first-order valence-corrected chi connectivity index (χ1v) is 9.63. The van der Waals surface area contributed by atoms with Gasteiger partial charge in [-0.1, -0.05) is 18.2 Å². The Hall–Kier alpha value is -3.67. The van der Waals surface area contributed by atoms with Gasteiger partial charge in [0.05, 0.1) is 23.7 Å². The highest BCUT2D eigenvalue weighted by Gasteiger charge is 2.23. The van der Waals surface area contributed by atoms with Gasteiger partial charge < -0.3 is 15.0 Å². The summed E-state index contributed by atoms with van der Waals surface area (Å²) in [5.74, 6) is 1.47. The highest BCUT2D eigenvalue weighted by atomic mass is 16.5. The van der Waals surface area contributed by atoms with E-state index < -0.39 is 0 Å². The minimum atomic E-state index is -0.109. The maximum atomic E-state index is 12.9. The Balaban J connectivity index is 1.40. The number of aromatic nitrogens is 3. The van der Waals surface area contributed by atoms with Gasteiger partial charge in [0, 0.05) is 35.0 Å². The summed E-state index contributed by atoms with van der Waals surface area (Å²) in [5.41, 5.74) is 5.12. The molecule has 6 heteroatoms. The Morgan fingerprint density at radius 2 is 2.07 bits per heavy atom. The molecule has 2 N–H and O–H groups in total. The molecule has 6 nitrogen and oxygen atoms in total. The molecule has 0 bridgehead atoms. The third-order valence-electron chi connectivity index (χ3n) is 5.19. The number of amides is 1. The van der Waals surface area contributed by atoms with Crippen molar-refractivity contribution in [2.75, 3.05) is 6.61 Å². The van der Waals surface area contributed by atoms with Crippen LogP contribution < -0.4 is 10.1 Å². The molecule has 29 heavy (non-hydrogen) atoms. The van der Waals surface area contributed by atoms with E-state index in [0.29, 0.717) is 12.2 Å². The number of nitrogens with one attached hydrogen (secondary N) is 2. The molecule has 0 aliphatic carbocycles. The monoisotopic (exact) mass is 384 g/mol. The number of H-pyrrole nitrogens is 1. The number of fused-ring (bicyclic) bond motifs is 2. The van der Waals surface area contributed by atoms with E-state index in [-0.39, 0.29) is 11.9 Å². The van der Waals surface area contributed by atoms with Gasteiger partial charge in [-0.25, -0.2) is 4.98 Å². The van der Waals surface area contributed by atoms with Crippen molar-refractivity contribution in [2.24, 2.45) is 0 Å². The van der Waals surface area contributed by atoms with Crippen molar-refractivity contribution < 1.29 is 9.53 Å². The number of benzene rings is 2. The molecule has 0 spiro atoms. The van der Waals surface area contributed by atoms with Crippen molar-refractivity contribution in [1.29, 1.82) is 0 Å². The second kappa shape index (κ2) is 7.05. The fraction of sp³-hybridized carbons (Fsp3) is 0.174. The molecule has 144 valence electrons. The van der Waals surface area contributed by atoms with E-state index in [4.69, 9.17) is 4.74 Å². The van der Waals surface area contributed by atoms with E-state index in [2.05, 4.69) is 20.3 Å². The molecule has 1 unspecified atom stereocenters. The summed E-state index contributed by atoms with van der Waals surface area (Å²) in [6.07, 6.45) is 2.54. The van der Waals surface area contributed by atoms with Crippen LogP contribution in [0.3, 0.4) is 0 Å². The Morgan fingerprint density at radius 1 is 1.17 bits per heavy atom. The van der Waals surface area contributed by atoms with E-state index in [1.165, 1.54) is 0 Å². The number of nitrogens with zero attached hydrogens (tertiary/aromatic N) is 2. The van der Waals surface area contributed by atoms with Crippen LogP contribution in [0.2, 0.25) is 0 Å².